The van der Waals surface area contributed by atoms with E-state index in [4.69, 9.17) is 4.74 Å². The van der Waals surface area contributed by atoms with Crippen LogP contribution in [0.5, 0.6) is 5.75 Å². The van der Waals surface area contributed by atoms with Crippen LogP contribution in [-0.2, 0) is 26.2 Å². The maximum atomic E-state index is 13.3. The van der Waals surface area contributed by atoms with E-state index in [0.717, 1.165) is 22.7 Å². The van der Waals surface area contributed by atoms with Gasteiger partial charge in [0.1, 0.15) is 11.8 Å². The number of hydrogen-bond donors (Lipinski definition) is 1. The van der Waals surface area contributed by atoms with Crippen molar-refractivity contribution >= 4 is 43.5 Å². The zero-order valence-electron chi connectivity index (χ0n) is 21.5. The number of rotatable bonds is 13. The third-order valence-electron chi connectivity index (χ3n) is 5.95. The fraction of sp³-hybridized carbons (Fsp3) is 0.462. The molecule has 198 valence electrons. The molecule has 0 aliphatic rings. The molecular weight excluding hydrogens is 546 g/mol. The number of sulfonamides is 1. The van der Waals surface area contributed by atoms with E-state index < -0.39 is 16.1 Å². The highest BCUT2D eigenvalue weighted by Crippen LogP contribution is 2.22. The number of benzene rings is 2. The Morgan fingerprint density at radius 3 is 2.19 bits per heavy atom. The summed E-state index contributed by atoms with van der Waals surface area (Å²) in [5.74, 6) is 0.189. The highest BCUT2D eigenvalue weighted by Gasteiger charge is 2.27. The summed E-state index contributed by atoms with van der Waals surface area (Å²) in [6.07, 6.45) is 2.32. The first-order valence-electron chi connectivity index (χ1n) is 11.9. The van der Waals surface area contributed by atoms with Gasteiger partial charge in [0.2, 0.25) is 21.8 Å². The van der Waals surface area contributed by atoms with Crippen LogP contribution in [0.1, 0.15) is 45.6 Å². The molecule has 0 aliphatic carbocycles. The second kappa shape index (κ2) is 13.6. The van der Waals surface area contributed by atoms with E-state index in [2.05, 4.69) is 21.2 Å². The van der Waals surface area contributed by atoms with Crippen molar-refractivity contribution in [3.8, 4) is 5.75 Å². The molecule has 2 aromatic carbocycles. The van der Waals surface area contributed by atoms with E-state index in [9.17, 15) is 18.0 Å². The standard InChI is InChI=1S/C26H36BrN3O5S/c1-6-19(2)28-26(32)20(3)29(18-21-9-11-22(27)12-10-21)25(31)8-7-17-30(36(5,33)34)23-13-15-24(35-4)16-14-23/h9-16,19-20H,6-8,17-18H2,1-5H3,(H,28,32). The smallest absolute Gasteiger partial charge is 0.242 e. The van der Waals surface area contributed by atoms with Crippen LogP contribution in [0.4, 0.5) is 5.69 Å². The average molecular weight is 583 g/mol. The highest BCUT2D eigenvalue weighted by molar-refractivity contribution is 9.10. The van der Waals surface area contributed by atoms with Crippen molar-refractivity contribution in [2.45, 2.75) is 58.7 Å². The molecule has 2 unspecified atom stereocenters. The third kappa shape index (κ3) is 8.81. The SMILES string of the molecule is CCC(C)NC(=O)C(C)N(Cc1ccc(Br)cc1)C(=O)CCCN(c1ccc(OC)cc1)S(C)(=O)=O. The van der Waals surface area contributed by atoms with Crippen molar-refractivity contribution in [1.29, 1.82) is 0 Å². The van der Waals surface area contributed by atoms with Crippen LogP contribution >= 0.6 is 15.9 Å². The lowest BCUT2D eigenvalue weighted by molar-refractivity contribution is -0.140. The van der Waals surface area contributed by atoms with Crippen LogP contribution in [0.25, 0.3) is 0 Å². The summed E-state index contributed by atoms with van der Waals surface area (Å²) >= 11 is 3.41. The first-order valence-corrected chi connectivity index (χ1v) is 14.6. The normalized spacial score (nSPS) is 12.9. The Labute approximate surface area is 223 Å². The Balaban J connectivity index is 2.16. The molecule has 0 saturated heterocycles. The van der Waals surface area contributed by atoms with Gasteiger partial charge >= 0.3 is 0 Å². The molecule has 36 heavy (non-hydrogen) atoms. The number of methoxy groups -OCH3 is 1. The second-order valence-corrected chi connectivity index (χ2v) is 11.6. The van der Waals surface area contributed by atoms with Crippen molar-refractivity contribution in [1.82, 2.24) is 10.2 Å². The maximum absolute atomic E-state index is 13.3. The summed E-state index contributed by atoms with van der Waals surface area (Å²) in [4.78, 5) is 27.7. The number of carbonyl (C=O) groups excluding carboxylic acids is 2. The number of anilines is 1. The van der Waals surface area contributed by atoms with Gasteiger partial charge in [0.15, 0.2) is 0 Å². The fourth-order valence-corrected chi connectivity index (χ4v) is 4.82. The summed E-state index contributed by atoms with van der Waals surface area (Å²) in [6.45, 7) is 6.03. The van der Waals surface area contributed by atoms with Gasteiger partial charge in [-0.2, -0.15) is 0 Å². The molecular formula is C26H36BrN3O5S. The maximum Gasteiger partial charge on any atom is 0.242 e. The Morgan fingerprint density at radius 2 is 1.67 bits per heavy atom. The van der Waals surface area contributed by atoms with Crippen molar-refractivity contribution in [2.24, 2.45) is 0 Å². The van der Waals surface area contributed by atoms with E-state index in [1.54, 1.807) is 43.2 Å². The Bertz CT molecular complexity index is 1110. The van der Waals surface area contributed by atoms with Crippen molar-refractivity contribution in [3.05, 3.63) is 58.6 Å². The van der Waals surface area contributed by atoms with Crippen LogP contribution in [0.15, 0.2) is 53.0 Å². The van der Waals surface area contributed by atoms with Gasteiger partial charge in [-0.05, 0) is 68.7 Å². The number of carbonyl (C=O) groups is 2. The largest absolute Gasteiger partial charge is 0.497 e. The molecule has 0 radical (unpaired) electrons. The molecule has 0 bridgehead atoms. The van der Waals surface area contributed by atoms with Crippen molar-refractivity contribution in [3.63, 3.8) is 0 Å². The first-order chi connectivity index (χ1) is 17.0. The van der Waals surface area contributed by atoms with Gasteiger partial charge in [-0.25, -0.2) is 8.42 Å². The van der Waals surface area contributed by atoms with Gasteiger partial charge in [-0.3, -0.25) is 13.9 Å². The predicted molar refractivity (Wildman–Crippen MR) is 146 cm³/mol. The minimum absolute atomic E-state index is 0.00241. The highest BCUT2D eigenvalue weighted by atomic mass is 79.9. The van der Waals surface area contributed by atoms with Gasteiger partial charge in [-0.1, -0.05) is 35.0 Å². The van der Waals surface area contributed by atoms with Gasteiger partial charge in [0, 0.05) is 30.0 Å². The number of nitrogens with one attached hydrogen (secondary N) is 1. The zero-order chi connectivity index (χ0) is 26.9. The van der Waals surface area contributed by atoms with Gasteiger partial charge < -0.3 is 15.0 Å². The molecule has 0 aliphatic heterocycles. The van der Waals surface area contributed by atoms with E-state index in [-0.39, 0.29) is 37.4 Å². The first kappa shape index (κ1) is 29.6. The Hall–Kier alpha value is -2.59. The second-order valence-electron chi connectivity index (χ2n) is 8.78. The minimum Gasteiger partial charge on any atom is -0.497 e. The molecule has 0 fully saturated rings. The molecule has 2 rings (SSSR count). The summed E-state index contributed by atoms with van der Waals surface area (Å²) in [6, 6.07) is 13.6. The number of ether oxygens (including phenoxy) is 1. The lowest BCUT2D eigenvalue weighted by Crippen LogP contribution is -2.49. The molecule has 0 spiro atoms. The Morgan fingerprint density at radius 1 is 1.06 bits per heavy atom. The number of halogens is 1. The predicted octanol–water partition coefficient (Wildman–Crippen LogP) is 4.34. The molecule has 8 nitrogen and oxygen atoms in total. The van der Waals surface area contributed by atoms with Crippen LogP contribution in [0.2, 0.25) is 0 Å². The third-order valence-corrected chi connectivity index (χ3v) is 7.67. The van der Waals surface area contributed by atoms with Crippen LogP contribution in [0.3, 0.4) is 0 Å². The van der Waals surface area contributed by atoms with Crippen molar-refractivity contribution in [2.75, 3.05) is 24.2 Å². The molecule has 0 heterocycles. The van der Waals surface area contributed by atoms with Gasteiger partial charge in [-0.15, -0.1) is 0 Å². The van der Waals surface area contributed by atoms with Crippen LogP contribution in [0, 0.1) is 0 Å². The molecule has 10 heteroatoms. The zero-order valence-corrected chi connectivity index (χ0v) is 23.9. The van der Waals surface area contributed by atoms with E-state index in [1.807, 2.05) is 38.1 Å². The van der Waals surface area contributed by atoms with E-state index in [1.165, 1.54) is 4.31 Å². The number of hydrogen-bond acceptors (Lipinski definition) is 5. The summed E-state index contributed by atoms with van der Waals surface area (Å²) in [7, 11) is -2.01. The number of amides is 2. The molecule has 2 amide bonds. The van der Waals surface area contributed by atoms with Crippen LogP contribution < -0.4 is 14.4 Å². The van der Waals surface area contributed by atoms with Crippen LogP contribution in [-0.4, -0.2) is 57.1 Å². The Kier molecular flexibility index (Phi) is 11.2. The lowest BCUT2D eigenvalue weighted by Gasteiger charge is -2.30. The average Bonchev–Trinajstić information content (AvgIpc) is 2.85. The monoisotopic (exact) mass is 581 g/mol. The van der Waals surface area contributed by atoms with Crippen molar-refractivity contribution < 1.29 is 22.7 Å². The molecule has 1 N–H and O–H groups in total. The van der Waals surface area contributed by atoms with E-state index >= 15 is 0 Å². The molecule has 2 aromatic rings. The topological polar surface area (TPSA) is 96.0 Å². The molecule has 2 atom stereocenters. The lowest BCUT2D eigenvalue weighted by atomic mass is 10.1. The van der Waals surface area contributed by atoms with E-state index in [0.29, 0.717) is 17.9 Å². The molecule has 0 saturated carbocycles. The van der Waals surface area contributed by atoms with Gasteiger partial charge in [0.25, 0.3) is 0 Å². The van der Waals surface area contributed by atoms with Gasteiger partial charge in [0.05, 0.1) is 19.1 Å². The summed E-state index contributed by atoms with van der Waals surface area (Å²) in [5, 5.41) is 2.95. The molecule has 0 aromatic heterocycles. The quantitative estimate of drug-likeness (QED) is 0.379. The summed E-state index contributed by atoms with van der Waals surface area (Å²) in [5.41, 5.74) is 1.39. The fourth-order valence-electron chi connectivity index (χ4n) is 3.59. The summed E-state index contributed by atoms with van der Waals surface area (Å²) < 4.78 is 32.2. The minimum atomic E-state index is -3.56. The number of nitrogens with zero attached hydrogens (tertiary/aromatic N) is 2.